The number of benzene rings is 1. The summed E-state index contributed by atoms with van der Waals surface area (Å²) in [5.41, 5.74) is 0.634. The number of ether oxygens (including phenoxy) is 1. The van der Waals surface area contributed by atoms with Gasteiger partial charge < -0.3 is 10.1 Å². The third kappa shape index (κ3) is 3.92. The van der Waals surface area contributed by atoms with Crippen molar-refractivity contribution in [2.24, 2.45) is 0 Å². The molecule has 0 radical (unpaired) electrons. The Balaban J connectivity index is 2.66. The molecule has 1 aromatic carbocycles. The first-order chi connectivity index (χ1) is 7.26. The lowest BCUT2D eigenvalue weighted by Crippen LogP contribution is -2.12. The zero-order chi connectivity index (χ0) is 11.1. The van der Waals surface area contributed by atoms with Gasteiger partial charge in [0.2, 0.25) is 5.91 Å². The zero-order valence-corrected chi connectivity index (χ0v) is 8.75. The van der Waals surface area contributed by atoms with E-state index in [0.717, 1.165) is 0 Å². The molecule has 0 spiro atoms. The van der Waals surface area contributed by atoms with Crippen LogP contribution in [0.15, 0.2) is 24.3 Å². The monoisotopic (exact) mass is 223 g/mol. The molecular formula is C11H10ClNO2. The molecule has 0 bridgehead atoms. The first kappa shape index (κ1) is 11.4. The van der Waals surface area contributed by atoms with Gasteiger partial charge >= 0.3 is 0 Å². The van der Waals surface area contributed by atoms with Gasteiger partial charge in [0.1, 0.15) is 18.2 Å². The quantitative estimate of drug-likeness (QED) is 0.625. The molecule has 4 heteroatoms. The van der Waals surface area contributed by atoms with Crippen LogP contribution in [0.5, 0.6) is 5.75 Å². The zero-order valence-electron chi connectivity index (χ0n) is 8.00. The SMILES string of the molecule is C#CCOc1cccc(NC(=O)CCl)c1. The van der Waals surface area contributed by atoms with Gasteiger partial charge in [-0.1, -0.05) is 12.0 Å². The van der Waals surface area contributed by atoms with Crippen molar-refractivity contribution in [3.05, 3.63) is 24.3 Å². The number of hydrogen-bond donors (Lipinski definition) is 1. The van der Waals surface area contributed by atoms with E-state index in [1.165, 1.54) is 0 Å². The molecule has 0 unspecified atom stereocenters. The summed E-state index contributed by atoms with van der Waals surface area (Å²) in [5.74, 6) is 2.64. The van der Waals surface area contributed by atoms with Crippen LogP contribution >= 0.6 is 11.6 Å². The van der Waals surface area contributed by atoms with Gasteiger partial charge in [-0.2, -0.15) is 0 Å². The van der Waals surface area contributed by atoms with Gasteiger partial charge in [0, 0.05) is 11.8 Å². The number of carbonyl (C=O) groups is 1. The number of hydrogen-bond acceptors (Lipinski definition) is 2. The number of terminal acetylenes is 1. The Kier molecular flexibility index (Phi) is 4.52. The van der Waals surface area contributed by atoms with Crippen molar-refractivity contribution in [1.82, 2.24) is 0 Å². The first-order valence-electron chi connectivity index (χ1n) is 4.28. The van der Waals surface area contributed by atoms with Crippen LogP contribution in [0.2, 0.25) is 0 Å². The molecule has 0 fully saturated rings. The van der Waals surface area contributed by atoms with Gasteiger partial charge in [0.15, 0.2) is 0 Å². The number of alkyl halides is 1. The van der Waals surface area contributed by atoms with Crippen molar-refractivity contribution < 1.29 is 9.53 Å². The van der Waals surface area contributed by atoms with Crippen molar-refractivity contribution in [2.45, 2.75) is 0 Å². The Morgan fingerprint density at radius 3 is 3.07 bits per heavy atom. The summed E-state index contributed by atoms with van der Waals surface area (Å²) in [5, 5.41) is 2.61. The predicted molar refractivity (Wildman–Crippen MR) is 60.1 cm³/mol. The molecule has 0 aliphatic carbocycles. The Morgan fingerprint density at radius 1 is 1.60 bits per heavy atom. The summed E-state index contributed by atoms with van der Waals surface area (Å²) >= 11 is 5.36. The fourth-order valence-corrected chi connectivity index (χ4v) is 1.05. The third-order valence-electron chi connectivity index (χ3n) is 1.56. The van der Waals surface area contributed by atoms with Crippen molar-refractivity contribution in [3.8, 4) is 18.1 Å². The van der Waals surface area contributed by atoms with Gasteiger partial charge in [-0.05, 0) is 12.1 Å². The molecule has 0 saturated heterocycles. The van der Waals surface area contributed by atoms with Crippen LogP contribution in [0, 0.1) is 12.3 Å². The number of anilines is 1. The summed E-state index contributed by atoms with van der Waals surface area (Å²) in [6.07, 6.45) is 5.05. The predicted octanol–water partition coefficient (Wildman–Crippen LogP) is 1.88. The molecule has 1 amide bonds. The molecule has 0 saturated carbocycles. The lowest BCUT2D eigenvalue weighted by molar-refractivity contribution is -0.113. The molecule has 0 aromatic heterocycles. The molecule has 0 atom stereocenters. The second-order valence-corrected chi connectivity index (χ2v) is 2.97. The molecule has 0 aliphatic heterocycles. The minimum absolute atomic E-state index is 0.0740. The molecule has 0 heterocycles. The van der Waals surface area contributed by atoms with Crippen LogP contribution in [0.4, 0.5) is 5.69 Å². The highest BCUT2D eigenvalue weighted by Gasteiger charge is 2.00. The van der Waals surface area contributed by atoms with E-state index in [1.807, 2.05) is 0 Å². The Bertz CT molecular complexity index is 384. The van der Waals surface area contributed by atoms with Crippen LogP contribution in [0.3, 0.4) is 0 Å². The van der Waals surface area contributed by atoms with Gasteiger partial charge in [-0.25, -0.2) is 0 Å². The highest BCUT2D eigenvalue weighted by atomic mass is 35.5. The van der Waals surface area contributed by atoms with Crippen molar-refractivity contribution in [2.75, 3.05) is 17.8 Å². The summed E-state index contributed by atoms with van der Waals surface area (Å²) in [6.45, 7) is 0.201. The number of nitrogens with one attached hydrogen (secondary N) is 1. The maximum absolute atomic E-state index is 11.0. The largest absolute Gasteiger partial charge is 0.481 e. The second kappa shape index (κ2) is 5.94. The highest BCUT2D eigenvalue weighted by molar-refractivity contribution is 6.29. The minimum atomic E-state index is -0.259. The standard InChI is InChI=1S/C11H10ClNO2/c1-2-6-15-10-5-3-4-9(7-10)13-11(14)8-12/h1,3-5,7H,6,8H2,(H,13,14). The normalized spacial score (nSPS) is 9.07. The summed E-state index contributed by atoms with van der Waals surface area (Å²) in [6, 6.07) is 6.94. The Morgan fingerprint density at radius 2 is 2.40 bits per heavy atom. The average molecular weight is 224 g/mol. The number of rotatable bonds is 4. The number of amides is 1. The van der Waals surface area contributed by atoms with Crippen molar-refractivity contribution in [1.29, 1.82) is 0 Å². The van der Waals surface area contributed by atoms with Gasteiger partial charge in [0.05, 0.1) is 0 Å². The number of carbonyl (C=O) groups excluding carboxylic acids is 1. The van der Waals surface area contributed by atoms with Crippen LogP contribution in [-0.4, -0.2) is 18.4 Å². The van der Waals surface area contributed by atoms with Crippen LogP contribution < -0.4 is 10.1 Å². The minimum Gasteiger partial charge on any atom is -0.481 e. The van der Waals surface area contributed by atoms with E-state index >= 15 is 0 Å². The second-order valence-electron chi connectivity index (χ2n) is 2.70. The molecular weight excluding hydrogens is 214 g/mol. The van der Waals surface area contributed by atoms with Crippen molar-refractivity contribution >= 4 is 23.2 Å². The summed E-state index contributed by atoms with van der Waals surface area (Å²) in [4.78, 5) is 11.0. The maximum Gasteiger partial charge on any atom is 0.239 e. The van der Waals surface area contributed by atoms with Gasteiger partial charge in [0.25, 0.3) is 0 Å². The molecule has 1 rings (SSSR count). The van der Waals surface area contributed by atoms with E-state index in [2.05, 4.69) is 11.2 Å². The highest BCUT2D eigenvalue weighted by Crippen LogP contribution is 2.17. The fraction of sp³-hybridized carbons (Fsp3) is 0.182. The topological polar surface area (TPSA) is 38.3 Å². The van der Waals surface area contributed by atoms with Crippen LogP contribution in [0.25, 0.3) is 0 Å². The molecule has 1 N–H and O–H groups in total. The van der Waals surface area contributed by atoms with Crippen LogP contribution in [0.1, 0.15) is 0 Å². The van der Waals surface area contributed by atoms with E-state index < -0.39 is 0 Å². The average Bonchev–Trinajstić information content (AvgIpc) is 2.26. The van der Waals surface area contributed by atoms with E-state index in [0.29, 0.717) is 11.4 Å². The van der Waals surface area contributed by atoms with E-state index in [4.69, 9.17) is 22.8 Å². The molecule has 3 nitrogen and oxygen atoms in total. The first-order valence-corrected chi connectivity index (χ1v) is 4.82. The lowest BCUT2D eigenvalue weighted by atomic mass is 10.3. The summed E-state index contributed by atoms with van der Waals surface area (Å²) in [7, 11) is 0. The maximum atomic E-state index is 11.0. The smallest absolute Gasteiger partial charge is 0.239 e. The molecule has 0 aliphatic rings. The fourth-order valence-electron chi connectivity index (χ4n) is 0.983. The van der Waals surface area contributed by atoms with Gasteiger partial charge in [-0.15, -0.1) is 18.0 Å². The Labute approximate surface area is 93.4 Å². The van der Waals surface area contributed by atoms with E-state index in [9.17, 15) is 4.79 Å². The van der Waals surface area contributed by atoms with Crippen molar-refractivity contribution in [3.63, 3.8) is 0 Å². The Hall–Kier alpha value is -1.66. The molecule has 78 valence electrons. The van der Waals surface area contributed by atoms with Crippen LogP contribution in [-0.2, 0) is 4.79 Å². The third-order valence-corrected chi connectivity index (χ3v) is 1.80. The van der Waals surface area contributed by atoms with E-state index in [1.54, 1.807) is 24.3 Å². The summed E-state index contributed by atoms with van der Waals surface area (Å²) < 4.78 is 5.19. The molecule has 15 heavy (non-hydrogen) atoms. The van der Waals surface area contributed by atoms with E-state index in [-0.39, 0.29) is 18.4 Å². The number of halogens is 1. The molecule has 1 aromatic rings. The lowest BCUT2D eigenvalue weighted by Gasteiger charge is -2.06. The van der Waals surface area contributed by atoms with Gasteiger partial charge in [-0.3, -0.25) is 4.79 Å².